The van der Waals surface area contributed by atoms with Gasteiger partial charge in [0.15, 0.2) is 0 Å². The summed E-state index contributed by atoms with van der Waals surface area (Å²) in [7, 11) is 0. The quantitative estimate of drug-likeness (QED) is 0.467. The fourth-order valence-corrected chi connectivity index (χ4v) is 5.28. The van der Waals surface area contributed by atoms with E-state index in [2.05, 4.69) is 33.7 Å². The van der Waals surface area contributed by atoms with E-state index in [0.29, 0.717) is 24.7 Å². The van der Waals surface area contributed by atoms with Crippen LogP contribution in [0, 0.1) is 5.82 Å². The van der Waals surface area contributed by atoms with E-state index in [1.165, 1.54) is 31.5 Å². The molecule has 3 heterocycles. The number of halogens is 1. The lowest BCUT2D eigenvalue weighted by Gasteiger charge is -2.32. The Labute approximate surface area is 200 Å². The number of nitrogens with zero attached hydrogens (tertiary/aromatic N) is 4. The topological polar surface area (TPSA) is 50.6 Å². The van der Waals surface area contributed by atoms with Crippen LogP contribution >= 0.6 is 0 Å². The molecule has 2 saturated heterocycles. The maximum atomic E-state index is 13.2. The van der Waals surface area contributed by atoms with Crippen LogP contribution in [0.15, 0.2) is 48.7 Å². The van der Waals surface area contributed by atoms with Gasteiger partial charge in [-0.25, -0.2) is 4.39 Å². The first-order chi connectivity index (χ1) is 16.6. The molecule has 0 N–H and O–H groups in total. The summed E-state index contributed by atoms with van der Waals surface area (Å²) < 4.78 is 21.3. The van der Waals surface area contributed by atoms with Crippen molar-refractivity contribution in [3.8, 4) is 5.75 Å². The number of hydrogen-bond acceptors (Lipinski definition) is 4. The van der Waals surface area contributed by atoms with Crippen LogP contribution in [-0.2, 0) is 0 Å². The summed E-state index contributed by atoms with van der Waals surface area (Å²) in [5, 5.41) is 5.74. The number of ether oxygens (including phenoxy) is 1. The smallest absolute Gasteiger partial charge is 0.253 e. The highest BCUT2D eigenvalue weighted by Gasteiger charge is 2.26. The summed E-state index contributed by atoms with van der Waals surface area (Å²) in [5.74, 6) is 0.525. The zero-order chi connectivity index (χ0) is 23.5. The van der Waals surface area contributed by atoms with Crippen molar-refractivity contribution in [3.05, 3.63) is 60.0 Å². The number of amides is 1. The minimum Gasteiger partial charge on any atom is -0.494 e. The largest absolute Gasteiger partial charge is 0.494 e. The van der Waals surface area contributed by atoms with Crippen molar-refractivity contribution in [1.29, 1.82) is 0 Å². The van der Waals surface area contributed by atoms with E-state index in [0.717, 1.165) is 49.1 Å². The van der Waals surface area contributed by atoms with Crippen molar-refractivity contribution >= 4 is 16.8 Å². The van der Waals surface area contributed by atoms with E-state index in [1.54, 1.807) is 12.1 Å². The van der Waals surface area contributed by atoms with E-state index in [9.17, 15) is 9.18 Å². The van der Waals surface area contributed by atoms with Crippen LogP contribution in [0.5, 0.6) is 5.75 Å². The first kappa shape index (κ1) is 22.8. The summed E-state index contributed by atoms with van der Waals surface area (Å²) in [5.41, 5.74) is 1.63. The van der Waals surface area contributed by atoms with Gasteiger partial charge in [0.2, 0.25) is 0 Å². The van der Waals surface area contributed by atoms with Gasteiger partial charge in [0.25, 0.3) is 5.91 Å². The molecule has 3 aromatic rings. The second-order valence-corrected chi connectivity index (χ2v) is 9.57. The molecule has 0 saturated carbocycles. The van der Waals surface area contributed by atoms with Gasteiger partial charge in [-0.1, -0.05) is 0 Å². The molecule has 0 spiro atoms. The van der Waals surface area contributed by atoms with Crippen LogP contribution < -0.4 is 4.74 Å². The molecule has 0 bridgehead atoms. The van der Waals surface area contributed by atoms with Crippen molar-refractivity contribution in [2.75, 3.05) is 32.8 Å². The van der Waals surface area contributed by atoms with Gasteiger partial charge in [0.05, 0.1) is 24.4 Å². The molecule has 0 radical (unpaired) electrons. The molecule has 2 aromatic carbocycles. The number of rotatable bonds is 7. The van der Waals surface area contributed by atoms with Gasteiger partial charge >= 0.3 is 0 Å². The second kappa shape index (κ2) is 10.1. The third-order valence-electron chi connectivity index (χ3n) is 7.30. The van der Waals surface area contributed by atoms with Gasteiger partial charge in [-0.15, -0.1) is 0 Å². The molecule has 0 unspecified atom stereocenters. The van der Waals surface area contributed by atoms with Gasteiger partial charge in [0.1, 0.15) is 11.6 Å². The van der Waals surface area contributed by atoms with Gasteiger partial charge in [0, 0.05) is 36.6 Å². The number of likely N-dealkylation sites (tertiary alicyclic amines) is 2. The summed E-state index contributed by atoms with van der Waals surface area (Å²) in [6.07, 6.45) is 7.26. The Morgan fingerprint density at radius 2 is 1.88 bits per heavy atom. The zero-order valence-corrected chi connectivity index (χ0v) is 19.8. The normalized spacial score (nSPS) is 19.7. The second-order valence-electron chi connectivity index (χ2n) is 9.57. The third kappa shape index (κ3) is 4.94. The van der Waals surface area contributed by atoms with Crippen molar-refractivity contribution in [3.63, 3.8) is 0 Å². The predicted molar refractivity (Wildman–Crippen MR) is 131 cm³/mol. The average molecular weight is 465 g/mol. The van der Waals surface area contributed by atoms with Gasteiger partial charge in [-0.3, -0.25) is 9.48 Å². The number of fused-ring (bicyclic) bond motifs is 1. The maximum absolute atomic E-state index is 13.2. The highest BCUT2D eigenvalue weighted by Crippen LogP contribution is 2.29. The molecule has 2 aliphatic heterocycles. The lowest BCUT2D eigenvalue weighted by molar-refractivity contribution is 0.0691. The summed E-state index contributed by atoms with van der Waals surface area (Å²) in [6.45, 7) is 6.68. The van der Waals surface area contributed by atoms with Gasteiger partial charge in [-0.05, 0) is 88.0 Å². The fraction of sp³-hybridized carbons (Fsp3) is 0.481. The van der Waals surface area contributed by atoms with E-state index in [1.807, 2.05) is 17.2 Å². The van der Waals surface area contributed by atoms with Crippen molar-refractivity contribution in [2.45, 2.75) is 51.1 Å². The highest BCUT2D eigenvalue weighted by atomic mass is 19.1. The standard InChI is InChI=1S/C27H33FN4O2/c1-20-4-2-13-30(20)14-3-17-34-25-9-10-26-22(18-25)19-29-32(26)24-11-15-31(16-12-24)27(33)21-5-7-23(28)8-6-21/h5-10,18-20,24H,2-4,11-17H2,1H3/t20-/m1/s1. The number of hydrogen-bond donors (Lipinski definition) is 0. The van der Waals surface area contributed by atoms with Crippen molar-refractivity contribution in [1.82, 2.24) is 19.6 Å². The molecule has 0 aliphatic carbocycles. The lowest BCUT2D eigenvalue weighted by Crippen LogP contribution is -2.39. The van der Waals surface area contributed by atoms with Crippen molar-refractivity contribution in [2.24, 2.45) is 0 Å². The van der Waals surface area contributed by atoms with E-state index in [-0.39, 0.29) is 17.8 Å². The number of carbonyl (C=O) groups excluding carboxylic acids is 1. The highest BCUT2D eigenvalue weighted by molar-refractivity contribution is 5.94. The zero-order valence-electron chi connectivity index (χ0n) is 19.8. The Morgan fingerprint density at radius 1 is 1.09 bits per heavy atom. The summed E-state index contributed by atoms with van der Waals surface area (Å²) in [4.78, 5) is 17.1. The average Bonchev–Trinajstić information content (AvgIpc) is 3.47. The van der Waals surface area contributed by atoms with Gasteiger partial charge in [-0.2, -0.15) is 5.10 Å². The molecular formula is C27H33FN4O2. The molecule has 2 aliphatic rings. The van der Waals surface area contributed by atoms with E-state index >= 15 is 0 Å². The van der Waals surface area contributed by atoms with Crippen LogP contribution in [0.25, 0.3) is 10.9 Å². The Balaban J connectivity index is 1.15. The number of piperidine rings is 1. The van der Waals surface area contributed by atoms with Crippen LogP contribution in [-0.4, -0.2) is 64.3 Å². The summed E-state index contributed by atoms with van der Waals surface area (Å²) in [6, 6.07) is 12.9. The number of carbonyl (C=O) groups is 1. The molecule has 2 fully saturated rings. The fourth-order valence-electron chi connectivity index (χ4n) is 5.28. The predicted octanol–water partition coefficient (Wildman–Crippen LogP) is 4.91. The molecule has 1 atom stereocenters. The Bertz CT molecular complexity index is 1120. The maximum Gasteiger partial charge on any atom is 0.253 e. The molecule has 7 heteroatoms. The minimum absolute atomic E-state index is 0.0373. The van der Waals surface area contributed by atoms with Crippen LogP contribution in [0.3, 0.4) is 0 Å². The molecule has 180 valence electrons. The number of benzene rings is 2. The SMILES string of the molecule is C[C@@H]1CCCN1CCCOc1ccc2c(cnn2C2CCN(C(=O)c3ccc(F)cc3)CC2)c1. The van der Waals surface area contributed by atoms with Crippen LogP contribution in [0.1, 0.15) is 55.4 Å². The summed E-state index contributed by atoms with van der Waals surface area (Å²) >= 11 is 0. The van der Waals surface area contributed by atoms with Crippen LogP contribution in [0.4, 0.5) is 4.39 Å². The Kier molecular flexibility index (Phi) is 6.81. The lowest BCUT2D eigenvalue weighted by atomic mass is 10.0. The molecular weight excluding hydrogens is 431 g/mol. The first-order valence-corrected chi connectivity index (χ1v) is 12.5. The van der Waals surface area contributed by atoms with Crippen molar-refractivity contribution < 1.29 is 13.9 Å². The molecule has 34 heavy (non-hydrogen) atoms. The van der Waals surface area contributed by atoms with E-state index < -0.39 is 0 Å². The third-order valence-corrected chi connectivity index (χ3v) is 7.30. The monoisotopic (exact) mass is 464 g/mol. The molecule has 6 nitrogen and oxygen atoms in total. The Hall–Kier alpha value is -2.93. The number of aromatic nitrogens is 2. The molecule has 1 aromatic heterocycles. The van der Waals surface area contributed by atoms with E-state index in [4.69, 9.17) is 4.74 Å². The first-order valence-electron chi connectivity index (χ1n) is 12.5. The minimum atomic E-state index is -0.328. The Morgan fingerprint density at radius 3 is 2.62 bits per heavy atom. The van der Waals surface area contributed by atoms with Crippen LogP contribution in [0.2, 0.25) is 0 Å². The molecule has 1 amide bonds. The van der Waals surface area contributed by atoms with Gasteiger partial charge < -0.3 is 14.5 Å². The molecule has 5 rings (SSSR count).